The third kappa shape index (κ3) is 1.47. The molecule has 0 saturated heterocycles. The fraction of sp³-hybridized carbons (Fsp3) is 0.462. The van der Waals surface area contributed by atoms with Gasteiger partial charge < -0.3 is 9.84 Å². The summed E-state index contributed by atoms with van der Waals surface area (Å²) in [4.78, 5) is 11.1. The van der Waals surface area contributed by atoms with Crippen LogP contribution in [0.15, 0.2) is 6.07 Å². The maximum Gasteiger partial charge on any atom is 0.339 e. The van der Waals surface area contributed by atoms with Gasteiger partial charge in [-0.15, -0.1) is 0 Å². The number of carboxylic acid groups (broad SMARTS) is 1. The predicted molar refractivity (Wildman–Crippen MR) is 61.4 cm³/mol. The first-order chi connectivity index (χ1) is 7.56. The SMILES string of the molecule is COc1c(C(=O)O)cc(C)c2c1CC[C@@H]2C. The zero-order chi connectivity index (χ0) is 11.9. The average molecular weight is 220 g/mol. The molecule has 0 amide bonds. The molecule has 0 aromatic heterocycles. The molecular formula is C13H16O3. The summed E-state index contributed by atoms with van der Waals surface area (Å²) in [7, 11) is 1.54. The lowest BCUT2D eigenvalue weighted by Crippen LogP contribution is -2.05. The minimum absolute atomic E-state index is 0.285. The van der Waals surface area contributed by atoms with Crippen LogP contribution in [0.25, 0.3) is 0 Å². The van der Waals surface area contributed by atoms with Crippen LogP contribution in [0.4, 0.5) is 0 Å². The summed E-state index contributed by atoms with van der Waals surface area (Å²) in [5.41, 5.74) is 3.72. The Balaban J connectivity index is 2.70. The van der Waals surface area contributed by atoms with Crippen LogP contribution in [0.2, 0.25) is 0 Å². The number of rotatable bonds is 2. The molecule has 0 saturated carbocycles. The first-order valence-electron chi connectivity index (χ1n) is 5.50. The molecule has 0 radical (unpaired) electrons. The summed E-state index contributed by atoms with van der Waals surface area (Å²) in [5, 5.41) is 9.14. The molecule has 1 aromatic carbocycles. The maximum atomic E-state index is 11.1. The smallest absolute Gasteiger partial charge is 0.339 e. The molecule has 0 heterocycles. The van der Waals surface area contributed by atoms with Gasteiger partial charge in [0.15, 0.2) is 0 Å². The van der Waals surface area contributed by atoms with Crippen LogP contribution in [-0.2, 0) is 6.42 Å². The van der Waals surface area contributed by atoms with E-state index in [0.717, 1.165) is 24.0 Å². The Morgan fingerprint density at radius 2 is 2.25 bits per heavy atom. The van der Waals surface area contributed by atoms with E-state index in [9.17, 15) is 4.79 Å². The molecule has 1 N–H and O–H groups in total. The van der Waals surface area contributed by atoms with Crippen LogP contribution in [0.3, 0.4) is 0 Å². The number of aromatic carboxylic acids is 1. The van der Waals surface area contributed by atoms with Gasteiger partial charge in [0.25, 0.3) is 0 Å². The predicted octanol–water partition coefficient (Wildman–Crippen LogP) is 2.75. The highest BCUT2D eigenvalue weighted by molar-refractivity contribution is 5.92. The topological polar surface area (TPSA) is 46.5 Å². The van der Waals surface area contributed by atoms with E-state index < -0.39 is 5.97 Å². The molecule has 3 heteroatoms. The third-order valence-corrected chi connectivity index (χ3v) is 3.38. The number of carboxylic acids is 1. The van der Waals surface area contributed by atoms with Gasteiger partial charge in [-0.1, -0.05) is 6.92 Å². The highest BCUT2D eigenvalue weighted by Gasteiger charge is 2.27. The van der Waals surface area contributed by atoms with E-state index >= 15 is 0 Å². The van der Waals surface area contributed by atoms with E-state index in [2.05, 4.69) is 6.92 Å². The summed E-state index contributed by atoms with van der Waals surface area (Å²) >= 11 is 0. The lowest BCUT2D eigenvalue weighted by molar-refractivity contribution is 0.0693. The Morgan fingerprint density at radius 1 is 1.56 bits per heavy atom. The van der Waals surface area contributed by atoms with Crippen molar-refractivity contribution in [2.45, 2.75) is 32.6 Å². The lowest BCUT2D eigenvalue weighted by atomic mass is 9.95. The highest BCUT2D eigenvalue weighted by atomic mass is 16.5. The number of ether oxygens (including phenoxy) is 1. The number of carbonyl (C=O) groups is 1. The minimum Gasteiger partial charge on any atom is -0.496 e. The first kappa shape index (κ1) is 11.0. The monoisotopic (exact) mass is 220 g/mol. The molecule has 86 valence electrons. The van der Waals surface area contributed by atoms with Crippen LogP contribution < -0.4 is 4.74 Å². The molecule has 1 aliphatic rings. The van der Waals surface area contributed by atoms with Gasteiger partial charge in [0.2, 0.25) is 0 Å². The van der Waals surface area contributed by atoms with Gasteiger partial charge in [0, 0.05) is 0 Å². The van der Waals surface area contributed by atoms with Gasteiger partial charge in [-0.3, -0.25) is 0 Å². The van der Waals surface area contributed by atoms with E-state index in [1.807, 2.05) is 6.92 Å². The van der Waals surface area contributed by atoms with Gasteiger partial charge in [-0.05, 0) is 48.4 Å². The molecule has 3 nitrogen and oxygen atoms in total. The van der Waals surface area contributed by atoms with Gasteiger partial charge >= 0.3 is 5.97 Å². The number of benzene rings is 1. The minimum atomic E-state index is -0.915. The summed E-state index contributed by atoms with van der Waals surface area (Å²) in [5.74, 6) is 0.145. The van der Waals surface area contributed by atoms with Crippen molar-refractivity contribution in [1.82, 2.24) is 0 Å². The van der Waals surface area contributed by atoms with Crippen molar-refractivity contribution >= 4 is 5.97 Å². The van der Waals surface area contributed by atoms with Crippen LogP contribution >= 0.6 is 0 Å². The quantitative estimate of drug-likeness (QED) is 0.833. The van der Waals surface area contributed by atoms with Crippen LogP contribution in [-0.4, -0.2) is 18.2 Å². The van der Waals surface area contributed by atoms with Crippen molar-refractivity contribution in [3.63, 3.8) is 0 Å². The molecule has 1 aliphatic carbocycles. The fourth-order valence-corrected chi connectivity index (χ4v) is 2.71. The van der Waals surface area contributed by atoms with E-state index in [-0.39, 0.29) is 5.56 Å². The second-order valence-electron chi connectivity index (χ2n) is 4.41. The molecule has 0 unspecified atom stereocenters. The third-order valence-electron chi connectivity index (χ3n) is 3.38. The van der Waals surface area contributed by atoms with Crippen molar-refractivity contribution in [3.8, 4) is 5.75 Å². The van der Waals surface area contributed by atoms with Gasteiger partial charge in [-0.2, -0.15) is 0 Å². The van der Waals surface area contributed by atoms with Gasteiger partial charge in [0.1, 0.15) is 11.3 Å². The second-order valence-corrected chi connectivity index (χ2v) is 4.41. The van der Waals surface area contributed by atoms with Crippen molar-refractivity contribution in [3.05, 3.63) is 28.3 Å². The maximum absolute atomic E-state index is 11.1. The molecule has 0 spiro atoms. The van der Waals surface area contributed by atoms with Gasteiger partial charge in [0.05, 0.1) is 7.11 Å². The van der Waals surface area contributed by atoms with Crippen LogP contribution in [0.1, 0.15) is 46.3 Å². The number of aryl methyl sites for hydroxylation is 1. The largest absolute Gasteiger partial charge is 0.496 e. The average Bonchev–Trinajstić information content (AvgIpc) is 2.61. The zero-order valence-corrected chi connectivity index (χ0v) is 9.83. The Morgan fingerprint density at radius 3 is 2.81 bits per heavy atom. The highest BCUT2D eigenvalue weighted by Crippen LogP contribution is 2.42. The molecule has 0 bridgehead atoms. The summed E-state index contributed by atoms with van der Waals surface area (Å²) in [6.07, 6.45) is 2.00. The van der Waals surface area contributed by atoms with Crippen molar-refractivity contribution < 1.29 is 14.6 Å². The molecule has 1 atom stereocenters. The normalized spacial score (nSPS) is 18.3. The van der Waals surface area contributed by atoms with Crippen molar-refractivity contribution in [1.29, 1.82) is 0 Å². The Kier molecular flexibility index (Phi) is 2.62. The first-order valence-corrected chi connectivity index (χ1v) is 5.50. The Bertz CT molecular complexity index is 449. The number of hydrogen-bond donors (Lipinski definition) is 1. The van der Waals surface area contributed by atoms with E-state index in [1.165, 1.54) is 5.56 Å². The molecule has 1 aromatic rings. The fourth-order valence-electron chi connectivity index (χ4n) is 2.71. The summed E-state index contributed by atoms with van der Waals surface area (Å²) in [6.45, 7) is 4.16. The van der Waals surface area contributed by atoms with E-state index in [0.29, 0.717) is 11.7 Å². The number of hydrogen-bond acceptors (Lipinski definition) is 2. The van der Waals surface area contributed by atoms with E-state index in [4.69, 9.17) is 9.84 Å². The summed E-state index contributed by atoms with van der Waals surface area (Å²) < 4.78 is 5.27. The lowest BCUT2D eigenvalue weighted by Gasteiger charge is -2.15. The Labute approximate surface area is 95.0 Å². The zero-order valence-electron chi connectivity index (χ0n) is 9.83. The van der Waals surface area contributed by atoms with Gasteiger partial charge in [-0.25, -0.2) is 4.79 Å². The molecular weight excluding hydrogens is 204 g/mol. The molecule has 0 fully saturated rings. The molecule has 2 rings (SSSR count). The van der Waals surface area contributed by atoms with Crippen molar-refractivity contribution in [2.75, 3.05) is 7.11 Å². The number of methoxy groups -OCH3 is 1. The number of fused-ring (bicyclic) bond motifs is 1. The second kappa shape index (κ2) is 3.81. The standard InChI is InChI=1S/C13H16O3/c1-7-4-5-9-11(7)8(2)6-10(13(14)15)12(9)16-3/h6-7H,4-5H2,1-3H3,(H,14,15)/t7-/m0/s1. The molecule has 16 heavy (non-hydrogen) atoms. The summed E-state index contributed by atoms with van der Waals surface area (Å²) in [6, 6.07) is 1.72. The van der Waals surface area contributed by atoms with E-state index in [1.54, 1.807) is 13.2 Å². The van der Waals surface area contributed by atoms with Crippen molar-refractivity contribution in [2.24, 2.45) is 0 Å². The van der Waals surface area contributed by atoms with Crippen LogP contribution in [0, 0.1) is 6.92 Å². The molecule has 0 aliphatic heterocycles. The Hall–Kier alpha value is -1.51. The van der Waals surface area contributed by atoms with Crippen LogP contribution in [0.5, 0.6) is 5.75 Å².